The summed E-state index contributed by atoms with van der Waals surface area (Å²) in [6, 6.07) is 19.4. The zero-order valence-electron chi connectivity index (χ0n) is 11.9. The van der Waals surface area contributed by atoms with E-state index >= 15 is 0 Å². The van der Waals surface area contributed by atoms with Gasteiger partial charge in [0.15, 0.2) is 0 Å². The lowest BCUT2D eigenvalue weighted by molar-refractivity contribution is 0.610. The molecular formula is C18H13BN2O. The van der Waals surface area contributed by atoms with Gasteiger partial charge in [0.2, 0.25) is 0 Å². The molecule has 0 aliphatic heterocycles. The third kappa shape index (κ3) is 3.16. The molecular weight excluding hydrogens is 271 g/mol. The molecule has 104 valence electrons. The Bertz CT molecular complexity index is 846. The van der Waals surface area contributed by atoms with Crippen LogP contribution in [0.15, 0.2) is 66.8 Å². The number of hydrogen-bond acceptors (Lipinski definition) is 3. The van der Waals surface area contributed by atoms with Crippen molar-refractivity contribution in [3.63, 3.8) is 0 Å². The average molecular weight is 284 g/mol. The van der Waals surface area contributed by atoms with E-state index in [4.69, 9.17) is 9.92 Å². The number of fused-ring (bicyclic) bond motifs is 1. The largest absolute Gasteiger partial charge is 0.558 e. The molecule has 0 radical (unpaired) electrons. The molecule has 3 aromatic rings. The predicted molar refractivity (Wildman–Crippen MR) is 89.7 cm³/mol. The van der Waals surface area contributed by atoms with Crippen LogP contribution in [0.3, 0.4) is 0 Å². The fourth-order valence-corrected chi connectivity index (χ4v) is 2.18. The Hall–Kier alpha value is -3.06. The van der Waals surface area contributed by atoms with Gasteiger partial charge >= 0.3 is 7.48 Å². The molecule has 22 heavy (non-hydrogen) atoms. The van der Waals surface area contributed by atoms with Crippen LogP contribution < -0.4 is 4.65 Å². The van der Waals surface area contributed by atoms with Crippen molar-refractivity contribution in [2.45, 2.75) is 0 Å². The highest BCUT2D eigenvalue weighted by Gasteiger charge is 2.01. The van der Waals surface area contributed by atoms with Crippen molar-refractivity contribution >= 4 is 24.5 Å². The van der Waals surface area contributed by atoms with Gasteiger partial charge in [-0.25, -0.2) is 0 Å². The fourth-order valence-electron chi connectivity index (χ4n) is 2.18. The molecule has 0 saturated carbocycles. The lowest BCUT2D eigenvalue weighted by Gasteiger charge is -2.06. The smallest absolute Gasteiger partial charge is 0.366 e. The Labute approximate surface area is 129 Å². The molecule has 0 aliphatic carbocycles. The first-order valence-electron chi connectivity index (χ1n) is 7.00. The molecule has 3 nitrogen and oxygen atoms in total. The van der Waals surface area contributed by atoms with Crippen LogP contribution in [0.25, 0.3) is 17.0 Å². The van der Waals surface area contributed by atoms with Crippen LogP contribution in [0.2, 0.25) is 0 Å². The standard InChI is InChI=1S/C18H13BN2O/c20-13-15-8-6-14(7-9-15)10-11-19-22-17-5-1-3-16-4-2-12-21-18(16)17/h1-12,19H. The Morgan fingerprint density at radius 1 is 1.05 bits per heavy atom. The number of nitriles is 1. The maximum Gasteiger partial charge on any atom is 0.366 e. The summed E-state index contributed by atoms with van der Waals surface area (Å²) < 4.78 is 5.78. The van der Waals surface area contributed by atoms with Gasteiger partial charge in [-0.2, -0.15) is 5.26 Å². The molecule has 0 atom stereocenters. The van der Waals surface area contributed by atoms with Gasteiger partial charge in [0.25, 0.3) is 0 Å². The van der Waals surface area contributed by atoms with Gasteiger partial charge in [-0.3, -0.25) is 4.98 Å². The second-order valence-corrected chi connectivity index (χ2v) is 4.78. The highest BCUT2D eigenvalue weighted by Crippen LogP contribution is 2.22. The molecule has 0 amide bonds. The second-order valence-electron chi connectivity index (χ2n) is 4.78. The minimum Gasteiger partial charge on any atom is -0.558 e. The summed E-state index contributed by atoms with van der Waals surface area (Å²) >= 11 is 0. The number of para-hydroxylation sites is 1. The van der Waals surface area contributed by atoms with E-state index in [-0.39, 0.29) is 0 Å². The van der Waals surface area contributed by atoms with Gasteiger partial charge in [0.05, 0.1) is 11.6 Å². The average Bonchev–Trinajstić information content (AvgIpc) is 2.59. The van der Waals surface area contributed by atoms with Gasteiger partial charge < -0.3 is 4.65 Å². The van der Waals surface area contributed by atoms with Crippen molar-refractivity contribution in [1.82, 2.24) is 4.98 Å². The normalized spacial score (nSPS) is 10.5. The van der Waals surface area contributed by atoms with Crippen LogP contribution in [-0.2, 0) is 0 Å². The Morgan fingerprint density at radius 3 is 2.68 bits per heavy atom. The molecule has 1 heterocycles. The molecule has 0 bridgehead atoms. The minimum atomic E-state index is 0.468. The van der Waals surface area contributed by atoms with Crippen molar-refractivity contribution in [2.75, 3.05) is 0 Å². The minimum absolute atomic E-state index is 0.468. The van der Waals surface area contributed by atoms with E-state index in [1.807, 2.05) is 54.5 Å². The van der Waals surface area contributed by atoms with Crippen LogP contribution in [0.1, 0.15) is 11.1 Å². The summed E-state index contributed by atoms with van der Waals surface area (Å²) in [5.74, 6) is 2.73. The zero-order valence-corrected chi connectivity index (χ0v) is 11.9. The van der Waals surface area contributed by atoms with E-state index in [2.05, 4.69) is 11.1 Å². The van der Waals surface area contributed by atoms with Crippen molar-refractivity contribution in [1.29, 1.82) is 5.26 Å². The molecule has 4 heteroatoms. The molecule has 2 aromatic carbocycles. The SMILES string of the molecule is N#Cc1ccc(C=CBOc2cccc3cccnc23)cc1. The number of rotatable bonds is 4. The molecule has 1 aromatic heterocycles. The first kappa shape index (κ1) is 13.9. The summed E-state index contributed by atoms with van der Waals surface area (Å²) in [5, 5.41) is 9.83. The molecule has 0 N–H and O–H groups in total. The molecule has 0 fully saturated rings. The highest BCUT2D eigenvalue weighted by molar-refractivity contribution is 6.37. The number of nitrogens with zero attached hydrogens (tertiary/aromatic N) is 2. The number of pyridine rings is 1. The Balaban J connectivity index is 1.67. The van der Waals surface area contributed by atoms with Crippen LogP contribution in [0, 0.1) is 11.3 Å². The molecule has 0 unspecified atom stereocenters. The highest BCUT2D eigenvalue weighted by atomic mass is 16.4. The van der Waals surface area contributed by atoms with Crippen LogP contribution in [0.4, 0.5) is 0 Å². The van der Waals surface area contributed by atoms with E-state index in [1.54, 1.807) is 18.3 Å². The lowest BCUT2D eigenvalue weighted by atomic mass is 9.98. The van der Waals surface area contributed by atoms with E-state index in [9.17, 15) is 0 Å². The van der Waals surface area contributed by atoms with Crippen molar-refractivity contribution in [2.24, 2.45) is 0 Å². The summed E-state index contributed by atoms with van der Waals surface area (Å²) in [6.45, 7) is 0. The van der Waals surface area contributed by atoms with Gasteiger partial charge in [-0.1, -0.05) is 42.4 Å². The van der Waals surface area contributed by atoms with Crippen LogP contribution in [-0.4, -0.2) is 12.5 Å². The fraction of sp³-hybridized carbons (Fsp3) is 0. The second kappa shape index (κ2) is 6.60. The van der Waals surface area contributed by atoms with Crippen molar-refractivity contribution < 1.29 is 4.65 Å². The number of benzene rings is 2. The zero-order chi connectivity index (χ0) is 15.2. The topological polar surface area (TPSA) is 45.9 Å². The van der Waals surface area contributed by atoms with Gasteiger partial charge in [0.1, 0.15) is 11.3 Å². The summed E-state index contributed by atoms with van der Waals surface area (Å²) in [5.41, 5.74) is 2.57. The third-order valence-electron chi connectivity index (χ3n) is 3.28. The molecule has 0 saturated heterocycles. The van der Waals surface area contributed by atoms with Gasteiger partial charge in [-0.05, 0) is 29.8 Å². The first-order chi connectivity index (χ1) is 10.9. The molecule has 0 spiro atoms. The van der Waals surface area contributed by atoms with Crippen molar-refractivity contribution in [3.8, 4) is 11.8 Å². The molecule has 0 aliphatic rings. The third-order valence-corrected chi connectivity index (χ3v) is 3.28. The van der Waals surface area contributed by atoms with Crippen LogP contribution >= 0.6 is 0 Å². The summed E-state index contributed by atoms with van der Waals surface area (Å²) in [6.07, 6.45) is 3.74. The van der Waals surface area contributed by atoms with Gasteiger partial charge in [-0.15, -0.1) is 0 Å². The van der Waals surface area contributed by atoms with E-state index < -0.39 is 0 Å². The van der Waals surface area contributed by atoms with E-state index in [0.29, 0.717) is 13.0 Å². The van der Waals surface area contributed by atoms with Crippen LogP contribution in [0.5, 0.6) is 5.75 Å². The Morgan fingerprint density at radius 2 is 1.86 bits per heavy atom. The Kier molecular flexibility index (Phi) is 4.17. The summed E-state index contributed by atoms with van der Waals surface area (Å²) in [4.78, 5) is 4.36. The predicted octanol–water partition coefficient (Wildman–Crippen LogP) is 3.51. The maximum atomic E-state index is 8.76. The summed E-state index contributed by atoms with van der Waals surface area (Å²) in [7, 11) is 0.468. The van der Waals surface area contributed by atoms with E-state index in [1.165, 1.54) is 0 Å². The monoisotopic (exact) mass is 284 g/mol. The van der Waals surface area contributed by atoms with Gasteiger partial charge in [0, 0.05) is 11.6 Å². The van der Waals surface area contributed by atoms with E-state index in [0.717, 1.165) is 22.2 Å². The first-order valence-corrected chi connectivity index (χ1v) is 7.00. The maximum absolute atomic E-state index is 8.76. The quantitative estimate of drug-likeness (QED) is 0.689. The number of aromatic nitrogens is 1. The lowest BCUT2D eigenvalue weighted by Crippen LogP contribution is -1.99. The van der Waals surface area contributed by atoms with Crippen molar-refractivity contribution in [3.05, 3.63) is 77.9 Å². The number of hydrogen-bond donors (Lipinski definition) is 0. The molecule has 3 rings (SSSR count).